The van der Waals surface area contributed by atoms with Crippen LogP contribution < -0.4 is 11.1 Å². The summed E-state index contributed by atoms with van der Waals surface area (Å²) in [6.45, 7) is 1.07. The van der Waals surface area contributed by atoms with Gasteiger partial charge < -0.3 is 11.1 Å². The van der Waals surface area contributed by atoms with Crippen LogP contribution in [-0.4, -0.2) is 6.54 Å². The lowest BCUT2D eigenvalue weighted by molar-refractivity contribution is 0.635. The van der Waals surface area contributed by atoms with Crippen molar-refractivity contribution in [3.63, 3.8) is 0 Å². The van der Waals surface area contributed by atoms with Crippen LogP contribution in [0.4, 0.5) is 5.69 Å². The van der Waals surface area contributed by atoms with Gasteiger partial charge in [0.2, 0.25) is 0 Å². The zero-order chi connectivity index (χ0) is 9.54. The Hall–Kier alpha value is -1.02. The van der Waals surface area contributed by atoms with Crippen LogP contribution in [0.15, 0.2) is 18.2 Å². The molecule has 0 aromatic heterocycles. The fraction of sp³-hybridized carbons (Fsp3) is 0.500. The normalized spacial score (nSPS) is 21.5. The van der Waals surface area contributed by atoms with Gasteiger partial charge >= 0.3 is 0 Å². The minimum atomic E-state index is 0.260. The first-order chi connectivity index (χ1) is 6.86. The van der Waals surface area contributed by atoms with Gasteiger partial charge in [-0.05, 0) is 36.3 Å². The Morgan fingerprint density at radius 2 is 2.21 bits per heavy atom. The number of benzene rings is 1. The van der Waals surface area contributed by atoms with E-state index in [9.17, 15) is 0 Å². The molecule has 1 fully saturated rings. The number of hydrogen-bond acceptors (Lipinski definition) is 2. The van der Waals surface area contributed by atoms with Crippen molar-refractivity contribution < 1.29 is 0 Å². The average molecular weight is 188 g/mol. The summed E-state index contributed by atoms with van der Waals surface area (Å²) in [7, 11) is 0. The molecule has 74 valence electrons. The van der Waals surface area contributed by atoms with Gasteiger partial charge in [-0.25, -0.2) is 0 Å². The first-order valence-corrected chi connectivity index (χ1v) is 5.47. The van der Waals surface area contributed by atoms with Crippen molar-refractivity contribution in [1.82, 2.24) is 0 Å². The first kappa shape index (κ1) is 8.30. The maximum atomic E-state index is 6.23. The molecule has 0 amide bonds. The van der Waals surface area contributed by atoms with Gasteiger partial charge in [0.25, 0.3) is 0 Å². The summed E-state index contributed by atoms with van der Waals surface area (Å²) in [5.74, 6) is 0.740. The molecule has 3 rings (SSSR count). The van der Waals surface area contributed by atoms with Crippen molar-refractivity contribution >= 4 is 5.69 Å². The third-order valence-electron chi connectivity index (χ3n) is 3.37. The molecule has 0 saturated heterocycles. The van der Waals surface area contributed by atoms with E-state index >= 15 is 0 Å². The first-order valence-electron chi connectivity index (χ1n) is 5.47. The van der Waals surface area contributed by atoms with E-state index in [2.05, 4.69) is 23.5 Å². The second-order valence-corrected chi connectivity index (χ2v) is 4.42. The predicted molar refractivity (Wildman–Crippen MR) is 58.3 cm³/mol. The largest absolute Gasteiger partial charge is 0.384 e. The molecule has 1 aliphatic heterocycles. The fourth-order valence-electron chi connectivity index (χ4n) is 2.35. The van der Waals surface area contributed by atoms with E-state index in [0.29, 0.717) is 0 Å². The van der Waals surface area contributed by atoms with Gasteiger partial charge in [0.15, 0.2) is 0 Å². The van der Waals surface area contributed by atoms with Crippen LogP contribution in [0.3, 0.4) is 0 Å². The van der Waals surface area contributed by atoms with Crippen molar-refractivity contribution in [2.45, 2.75) is 25.3 Å². The highest BCUT2D eigenvalue weighted by molar-refractivity contribution is 5.62. The Labute approximate surface area is 84.5 Å². The second kappa shape index (κ2) is 2.99. The minimum absolute atomic E-state index is 0.260. The minimum Gasteiger partial charge on any atom is -0.384 e. The lowest BCUT2D eigenvalue weighted by Gasteiger charge is -2.15. The standard InChI is InChI=1S/C12H16N2/c13-11(8-4-5-8)10-3-1-2-9-6-7-14-12(9)10/h1-3,8,11,14H,4-7,13H2/t11-/m1/s1. The topological polar surface area (TPSA) is 38.0 Å². The molecule has 0 bridgehead atoms. The van der Waals surface area contributed by atoms with Crippen LogP contribution in [0.25, 0.3) is 0 Å². The molecule has 3 N–H and O–H groups in total. The molecular weight excluding hydrogens is 172 g/mol. The number of fused-ring (bicyclic) bond motifs is 1. The van der Waals surface area contributed by atoms with Gasteiger partial charge in [-0.1, -0.05) is 18.2 Å². The molecule has 1 saturated carbocycles. The van der Waals surface area contributed by atoms with Gasteiger partial charge in [0.1, 0.15) is 0 Å². The molecule has 2 nitrogen and oxygen atoms in total. The van der Waals surface area contributed by atoms with E-state index in [1.807, 2.05) is 0 Å². The summed E-state index contributed by atoms with van der Waals surface area (Å²) in [5.41, 5.74) is 10.3. The summed E-state index contributed by atoms with van der Waals surface area (Å²) in [5, 5.41) is 3.45. The summed E-state index contributed by atoms with van der Waals surface area (Å²) in [4.78, 5) is 0. The maximum absolute atomic E-state index is 6.23. The van der Waals surface area contributed by atoms with Crippen molar-refractivity contribution in [2.75, 3.05) is 11.9 Å². The molecule has 0 unspecified atom stereocenters. The molecule has 2 aliphatic rings. The summed E-state index contributed by atoms with van der Waals surface area (Å²) in [6.07, 6.45) is 3.77. The highest BCUT2D eigenvalue weighted by Crippen LogP contribution is 2.42. The van der Waals surface area contributed by atoms with Crippen molar-refractivity contribution in [3.05, 3.63) is 29.3 Å². The smallest absolute Gasteiger partial charge is 0.0422 e. The number of rotatable bonds is 2. The van der Waals surface area contributed by atoms with Gasteiger partial charge in [-0.15, -0.1) is 0 Å². The van der Waals surface area contributed by atoms with E-state index < -0.39 is 0 Å². The van der Waals surface area contributed by atoms with Crippen molar-refractivity contribution in [2.24, 2.45) is 11.7 Å². The van der Waals surface area contributed by atoms with Crippen LogP contribution in [0.5, 0.6) is 0 Å². The summed E-state index contributed by atoms with van der Waals surface area (Å²) < 4.78 is 0. The molecule has 1 atom stereocenters. The monoisotopic (exact) mass is 188 g/mol. The van der Waals surface area contributed by atoms with Gasteiger partial charge in [0.05, 0.1) is 0 Å². The number of nitrogens with two attached hydrogens (primary N) is 1. The Bertz CT molecular complexity index is 355. The van der Waals surface area contributed by atoms with Crippen LogP contribution in [0.2, 0.25) is 0 Å². The maximum Gasteiger partial charge on any atom is 0.0422 e. The zero-order valence-electron chi connectivity index (χ0n) is 8.29. The number of hydrogen-bond donors (Lipinski definition) is 2. The van der Waals surface area contributed by atoms with E-state index in [4.69, 9.17) is 5.73 Å². The molecular formula is C12H16N2. The summed E-state index contributed by atoms with van der Waals surface area (Å²) in [6, 6.07) is 6.79. The molecule has 1 heterocycles. The third-order valence-corrected chi connectivity index (χ3v) is 3.37. The highest BCUT2D eigenvalue weighted by Gasteiger charge is 2.31. The lowest BCUT2D eigenvalue weighted by atomic mass is 9.99. The van der Waals surface area contributed by atoms with E-state index in [1.165, 1.54) is 29.7 Å². The van der Waals surface area contributed by atoms with Gasteiger partial charge in [-0.3, -0.25) is 0 Å². The molecule has 0 radical (unpaired) electrons. The van der Waals surface area contributed by atoms with E-state index in [0.717, 1.165) is 18.9 Å². The molecule has 1 aliphatic carbocycles. The van der Waals surface area contributed by atoms with E-state index in [1.54, 1.807) is 0 Å². The quantitative estimate of drug-likeness (QED) is 0.745. The third kappa shape index (κ3) is 1.22. The van der Waals surface area contributed by atoms with Crippen molar-refractivity contribution in [3.8, 4) is 0 Å². The number of para-hydroxylation sites is 1. The van der Waals surface area contributed by atoms with Crippen LogP contribution in [0.1, 0.15) is 30.0 Å². The average Bonchev–Trinajstić information content (AvgIpc) is 2.94. The molecule has 2 heteroatoms. The van der Waals surface area contributed by atoms with Crippen LogP contribution in [-0.2, 0) is 6.42 Å². The zero-order valence-corrected chi connectivity index (χ0v) is 8.29. The Morgan fingerprint density at radius 3 is 3.00 bits per heavy atom. The van der Waals surface area contributed by atoms with Crippen LogP contribution in [0, 0.1) is 5.92 Å². The Kier molecular flexibility index (Phi) is 1.77. The molecule has 14 heavy (non-hydrogen) atoms. The summed E-state index contributed by atoms with van der Waals surface area (Å²) >= 11 is 0. The van der Waals surface area contributed by atoms with Crippen LogP contribution >= 0.6 is 0 Å². The Balaban J connectivity index is 2.00. The molecule has 1 aromatic carbocycles. The number of nitrogens with one attached hydrogen (secondary N) is 1. The lowest BCUT2D eigenvalue weighted by Crippen LogP contribution is -2.14. The van der Waals surface area contributed by atoms with E-state index in [-0.39, 0.29) is 6.04 Å². The fourth-order valence-corrected chi connectivity index (χ4v) is 2.35. The molecule has 0 spiro atoms. The predicted octanol–water partition coefficient (Wildman–Crippen LogP) is 2.06. The van der Waals surface area contributed by atoms with Crippen molar-refractivity contribution in [1.29, 1.82) is 0 Å². The SMILES string of the molecule is N[C@@H](c1cccc2c1NCC2)C1CC1. The van der Waals surface area contributed by atoms with Gasteiger partial charge in [0, 0.05) is 18.3 Å². The van der Waals surface area contributed by atoms with Gasteiger partial charge in [-0.2, -0.15) is 0 Å². The molecule has 1 aromatic rings. The Morgan fingerprint density at radius 1 is 1.36 bits per heavy atom. The highest BCUT2D eigenvalue weighted by atomic mass is 14.9. The number of anilines is 1. The second-order valence-electron chi connectivity index (χ2n) is 4.42.